The Hall–Kier alpha value is -2.10. The third-order valence-electron chi connectivity index (χ3n) is 4.13. The maximum atomic E-state index is 11.5. The molecule has 0 radical (unpaired) electrons. The number of aromatic nitrogens is 4. The summed E-state index contributed by atoms with van der Waals surface area (Å²) in [4.78, 5) is 27.9. The first-order valence-corrected chi connectivity index (χ1v) is 8.80. The second-order valence-corrected chi connectivity index (χ2v) is 6.89. The van der Waals surface area contributed by atoms with Crippen LogP contribution in [-0.4, -0.2) is 50.4 Å². The fourth-order valence-electron chi connectivity index (χ4n) is 2.92. The molecule has 1 fully saturated rings. The third-order valence-corrected chi connectivity index (χ3v) is 5.19. The molecule has 0 aliphatic carbocycles. The van der Waals surface area contributed by atoms with E-state index in [1.807, 2.05) is 16.0 Å². The monoisotopic (exact) mass is 365 g/mol. The van der Waals surface area contributed by atoms with E-state index in [-0.39, 0.29) is 11.5 Å². The number of halogens is 1. The van der Waals surface area contributed by atoms with Gasteiger partial charge in [-0.05, 0) is 0 Å². The van der Waals surface area contributed by atoms with E-state index in [4.69, 9.17) is 17.3 Å². The normalized spacial score (nSPS) is 16.1. The molecule has 0 saturated carbocycles. The molecule has 126 valence electrons. The molecule has 3 N–H and O–H groups in total. The number of anilines is 2. The quantitative estimate of drug-likeness (QED) is 0.720. The van der Waals surface area contributed by atoms with Crippen molar-refractivity contribution in [3.8, 4) is 0 Å². The van der Waals surface area contributed by atoms with Crippen LogP contribution in [0.1, 0.15) is 5.69 Å². The van der Waals surface area contributed by atoms with Crippen LogP contribution in [0, 0.1) is 0 Å². The van der Waals surface area contributed by atoms with E-state index in [9.17, 15) is 4.79 Å². The average molecular weight is 366 g/mol. The molecule has 24 heavy (non-hydrogen) atoms. The van der Waals surface area contributed by atoms with Gasteiger partial charge in [-0.2, -0.15) is 4.98 Å². The minimum atomic E-state index is -0.231. The molecule has 1 saturated heterocycles. The van der Waals surface area contributed by atoms with Crippen molar-refractivity contribution in [1.82, 2.24) is 24.3 Å². The molecular weight excluding hydrogens is 350 g/mol. The Labute approximate surface area is 146 Å². The summed E-state index contributed by atoms with van der Waals surface area (Å²) < 4.78 is 2.04. The molecule has 10 heteroatoms. The van der Waals surface area contributed by atoms with Gasteiger partial charge < -0.3 is 10.6 Å². The highest BCUT2D eigenvalue weighted by Gasteiger charge is 2.21. The smallest absolute Gasteiger partial charge is 0.254 e. The lowest BCUT2D eigenvalue weighted by atomic mass is 10.3. The van der Waals surface area contributed by atoms with Gasteiger partial charge in [0.2, 0.25) is 5.95 Å². The first kappa shape index (κ1) is 15.4. The van der Waals surface area contributed by atoms with Crippen LogP contribution in [0.2, 0.25) is 5.15 Å². The van der Waals surface area contributed by atoms with Gasteiger partial charge in [0.25, 0.3) is 5.56 Å². The number of hydrogen-bond donors (Lipinski definition) is 2. The minimum absolute atomic E-state index is 0.144. The predicted octanol–water partition coefficient (Wildman–Crippen LogP) is 1.04. The van der Waals surface area contributed by atoms with Crippen LogP contribution in [0.15, 0.2) is 22.4 Å². The van der Waals surface area contributed by atoms with Crippen molar-refractivity contribution in [1.29, 1.82) is 0 Å². The van der Waals surface area contributed by atoms with Gasteiger partial charge in [0.1, 0.15) is 5.82 Å². The summed E-state index contributed by atoms with van der Waals surface area (Å²) in [6, 6.07) is 1.48. The number of nitrogens with one attached hydrogen (secondary N) is 1. The topological polar surface area (TPSA) is 95.5 Å². The van der Waals surface area contributed by atoms with E-state index in [1.54, 1.807) is 11.3 Å². The molecule has 3 aromatic heterocycles. The maximum absolute atomic E-state index is 11.5. The fourth-order valence-corrected chi connectivity index (χ4v) is 3.93. The highest BCUT2D eigenvalue weighted by Crippen LogP contribution is 2.23. The molecule has 1 aliphatic heterocycles. The Morgan fingerprint density at radius 3 is 2.83 bits per heavy atom. The number of piperazine rings is 1. The van der Waals surface area contributed by atoms with Gasteiger partial charge in [-0.25, -0.2) is 4.98 Å². The second kappa shape index (κ2) is 6.08. The zero-order valence-electron chi connectivity index (χ0n) is 12.8. The van der Waals surface area contributed by atoms with Gasteiger partial charge in [0.15, 0.2) is 10.1 Å². The molecular formula is C14H16ClN7OS. The molecule has 0 atom stereocenters. The van der Waals surface area contributed by atoms with Gasteiger partial charge in [0, 0.05) is 50.4 Å². The summed E-state index contributed by atoms with van der Waals surface area (Å²) >= 11 is 7.84. The average Bonchev–Trinajstić information content (AvgIpc) is 3.10. The number of rotatable bonds is 3. The highest BCUT2D eigenvalue weighted by molar-refractivity contribution is 7.15. The summed E-state index contributed by atoms with van der Waals surface area (Å²) in [6.07, 6.45) is 1.99. The van der Waals surface area contributed by atoms with Crippen LogP contribution in [0.3, 0.4) is 0 Å². The molecule has 0 amide bonds. The van der Waals surface area contributed by atoms with E-state index in [0.717, 1.165) is 43.4 Å². The third kappa shape index (κ3) is 2.85. The number of H-pyrrole nitrogens is 1. The van der Waals surface area contributed by atoms with E-state index in [1.165, 1.54) is 6.07 Å². The Morgan fingerprint density at radius 1 is 1.29 bits per heavy atom. The van der Waals surface area contributed by atoms with Crippen LogP contribution in [0.25, 0.3) is 4.96 Å². The maximum Gasteiger partial charge on any atom is 0.254 e. The Bertz CT molecular complexity index is 925. The first-order chi connectivity index (χ1) is 11.6. The van der Waals surface area contributed by atoms with Gasteiger partial charge in [0.05, 0.1) is 5.69 Å². The largest absolute Gasteiger partial charge is 0.369 e. The van der Waals surface area contributed by atoms with Crippen LogP contribution < -0.4 is 16.2 Å². The van der Waals surface area contributed by atoms with E-state index in [0.29, 0.717) is 11.0 Å². The predicted molar refractivity (Wildman–Crippen MR) is 94.8 cm³/mol. The second-order valence-electron chi connectivity index (χ2n) is 5.66. The number of nitrogen functional groups attached to an aromatic ring is 1. The summed E-state index contributed by atoms with van der Waals surface area (Å²) in [6.45, 7) is 4.00. The minimum Gasteiger partial charge on any atom is -0.369 e. The lowest BCUT2D eigenvalue weighted by molar-refractivity contribution is 0.246. The summed E-state index contributed by atoms with van der Waals surface area (Å²) in [5.41, 5.74) is 6.40. The Morgan fingerprint density at radius 2 is 2.08 bits per heavy atom. The molecule has 0 bridgehead atoms. The Balaban J connectivity index is 1.45. The number of fused-ring (bicyclic) bond motifs is 1. The number of thiazole rings is 1. The molecule has 0 spiro atoms. The van der Waals surface area contributed by atoms with Gasteiger partial charge >= 0.3 is 0 Å². The summed E-state index contributed by atoms with van der Waals surface area (Å²) in [5.74, 6) is 0.768. The van der Waals surface area contributed by atoms with Crippen molar-refractivity contribution in [3.05, 3.63) is 38.8 Å². The van der Waals surface area contributed by atoms with Crippen LogP contribution in [0.4, 0.5) is 11.8 Å². The van der Waals surface area contributed by atoms with Crippen molar-refractivity contribution in [3.63, 3.8) is 0 Å². The molecule has 8 nitrogen and oxygen atoms in total. The first-order valence-electron chi connectivity index (χ1n) is 7.54. The molecule has 0 unspecified atom stereocenters. The standard InChI is InChI=1S/C14H16ClN7OS/c15-12-9(22-5-6-24-14(22)19-12)8-20-1-3-21(4-2-20)10-7-11(23)18-13(16)17-10/h5-7H,1-4,8H2,(H3,16,17,18,23). The lowest BCUT2D eigenvalue weighted by Gasteiger charge is -2.35. The van der Waals surface area contributed by atoms with Gasteiger partial charge in [-0.1, -0.05) is 11.6 Å². The van der Waals surface area contributed by atoms with E-state index >= 15 is 0 Å². The molecule has 1 aliphatic rings. The van der Waals surface area contributed by atoms with Crippen molar-refractivity contribution in [2.45, 2.75) is 6.54 Å². The zero-order chi connectivity index (χ0) is 16.7. The highest BCUT2D eigenvalue weighted by atomic mass is 35.5. The number of nitrogens with zero attached hydrogens (tertiary/aromatic N) is 5. The molecule has 3 aromatic rings. The number of aromatic amines is 1. The fraction of sp³-hybridized carbons (Fsp3) is 0.357. The lowest BCUT2D eigenvalue weighted by Crippen LogP contribution is -2.46. The number of imidazole rings is 1. The van der Waals surface area contributed by atoms with Crippen molar-refractivity contribution >= 4 is 39.7 Å². The van der Waals surface area contributed by atoms with Gasteiger partial charge in [-0.15, -0.1) is 11.3 Å². The SMILES string of the molecule is Nc1nc(N2CCN(Cc3c(Cl)nc4sccn34)CC2)cc(=O)[nH]1. The van der Waals surface area contributed by atoms with Crippen LogP contribution in [0.5, 0.6) is 0 Å². The van der Waals surface area contributed by atoms with Gasteiger partial charge in [-0.3, -0.25) is 19.1 Å². The van der Waals surface area contributed by atoms with Crippen LogP contribution >= 0.6 is 22.9 Å². The molecule has 0 aromatic carbocycles. The van der Waals surface area contributed by atoms with Crippen molar-refractivity contribution in [2.24, 2.45) is 0 Å². The van der Waals surface area contributed by atoms with Crippen molar-refractivity contribution < 1.29 is 0 Å². The van der Waals surface area contributed by atoms with E-state index < -0.39 is 0 Å². The Kier molecular flexibility index (Phi) is 3.91. The zero-order valence-corrected chi connectivity index (χ0v) is 14.3. The van der Waals surface area contributed by atoms with E-state index in [2.05, 4.69) is 24.8 Å². The summed E-state index contributed by atoms with van der Waals surface area (Å²) in [5, 5.41) is 2.57. The number of hydrogen-bond acceptors (Lipinski definition) is 7. The van der Waals surface area contributed by atoms with Crippen molar-refractivity contribution in [2.75, 3.05) is 36.8 Å². The molecule has 4 rings (SSSR count). The van der Waals surface area contributed by atoms with Crippen LogP contribution in [-0.2, 0) is 6.54 Å². The summed E-state index contributed by atoms with van der Waals surface area (Å²) in [7, 11) is 0. The number of nitrogens with two attached hydrogens (primary N) is 1. The molecule has 4 heterocycles.